The van der Waals surface area contributed by atoms with Gasteiger partial charge in [0.05, 0.1) is 6.04 Å². The van der Waals surface area contributed by atoms with Crippen molar-refractivity contribution >= 4 is 12.5 Å². The van der Waals surface area contributed by atoms with E-state index in [1.807, 2.05) is 30.2 Å². The van der Waals surface area contributed by atoms with Gasteiger partial charge in [-0.1, -0.05) is 18.2 Å². The second kappa shape index (κ2) is 9.87. The van der Waals surface area contributed by atoms with Gasteiger partial charge in [0, 0.05) is 58.1 Å². The predicted molar refractivity (Wildman–Crippen MR) is 115 cm³/mol. The first kappa shape index (κ1) is 22.7. The normalized spacial score (nSPS) is 22.5. The van der Waals surface area contributed by atoms with Crippen LogP contribution in [0.1, 0.15) is 22.9 Å². The van der Waals surface area contributed by atoms with E-state index in [9.17, 15) is 9.18 Å². The van der Waals surface area contributed by atoms with Gasteiger partial charge in [0.25, 0.3) is 6.47 Å². The number of pyridine rings is 1. The summed E-state index contributed by atoms with van der Waals surface area (Å²) in [4.78, 5) is 31.5. The minimum Gasteiger partial charge on any atom is -0.483 e. The van der Waals surface area contributed by atoms with Gasteiger partial charge in [0.2, 0.25) is 0 Å². The molecule has 0 unspecified atom stereocenters. The summed E-state index contributed by atoms with van der Waals surface area (Å²) in [7, 11) is 3.55. The number of hydrogen-bond acceptors (Lipinski definition) is 4. The lowest BCUT2D eigenvalue weighted by Crippen LogP contribution is -2.41. The summed E-state index contributed by atoms with van der Waals surface area (Å²) in [5.41, 5.74) is 3.11. The molecule has 1 aromatic heterocycles. The highest BCUT2D eigenvalue weighted by Crippen LogP contribution is 2.45. The highest BCUT2D eigenvalue weighted by Gasteiger charge is 2.49. The van der Waals surface area contributed by atoms with Crippen LogP contribution >= 0.6 is 0 Å². The van der Waals surface area contributed by atoms with E-state index in [2.05, 4.69) is 16.0 Å². The van der Waals surface area contributed by atoms with E-state index in [0.29, 0.717) is 18.4 Å². The molecule has 1 aromatic carbocycles. The van der Waals surface area contributed by atoms with E-state index in [0.717, 1.165) is 30.9 Å². The van der Waals surface area contributed by atoms with Crippen molar-refractivity contribution in [2.24, 2.45) is 11.8 Å². The molecule has 0 bridgehead atoms. The molecule has 0 radical (unpaired) electrons. The topological polar surface area (TPSA) is 77.0 Å². The third-order valence-corrected chi connectivity index (χ3v) is 5.94. The monoisotopic (exact) mass is 428 g/mol. The highest BCUT2D eigenvalue weighted by molar-refractivity contribution is 5.75. The molecule has 2 aliphatic heterocycles. The number of carboxylic acid groups (broad SMARTS) is 1. The van der Waals surface area contributed by atoms with Gasteiger partial charge < -0.3 is 14.9 Å². The number of rotatable bonds is 3. The first-order chi connectivity index (χ1) is 14.8. The molecule has 0 spiro atoms. The van der Waals surface area contributed by atoms with Crippen LogP contribution in [0, 0.1) is 24.6 Å². The van der Waals surface area contributed by atoms with E-state index < -0.39 is 0 Å². The van der Waals surface area contributed by atoms with Crippen LogP contribution < -0.4 is 0 Å². The van der Waals surface area contributed by atoms with Crippen molar-refractivity contribution in [2.75, 3.05) is 33.7 Å². The minimum absolute atomic E-state index is 0.00190. The number of benzene rings is 1. The van der Waals surface area contributed by atoms with Crippen molar-refractivity contribution in [2.45, 2.75) is 19.5 Å². The summed E-state index contributed by atoms with van der Waals surface area (Å²) in [6.07, 6.45) is 1.94. The van der Waals surface area contributed by atoms with Gasteiger partial charge >= 0.3 is 6.03 Å². The predicted octanol–water partition coefficient (Wildman–Crippen LogP) is 3.02. The van der Waals surface area contributed by atoms with Gasteiger partial charge in [-0.15, -0.1) is 0 Å². The third-order valence-electron chi connectivity index (χ3n) is 5.94. The number of aromatic nitrogens is 1. The fraction of sp³-hybridized carbons (Fsp3) is 0.435. The first-order valence-electron chi connectivity index (χ1n) is 10.3. The zero-order valence-electron chi connectivity index (χ0n) is 18.1. The van der Waals surface area contributed by atoms with Gasteiger partial charge in [0.15, 0.2) is 0 Å². The minimum atomic E-state index is -0.251. The Hall–Kier alpha value is -3.00. The number of likely N-dealkylation sites (tertiary alicyclic amines) is 2. The van der Waals surface area contributed by atoms with Crippen molar-refractivity contribution in [1.82, 2.24) is 19.7 Å². The van der Waals surface area contributed by atoms with E-state index in [-0.39, 0.29) is 24.4 Å². The van der Waals surface area contributed by atoms with Crippen LogP contribution in [0.4, 0.5) is 9.18 Å². The molecule has 2 fully saturated rings. The number of fused-ring (bicyclic) bond motifs is 1. The van der Waals surface area contributed by atoms with Crippen LogP contribution in [0.5, 0.6) is 0 Å². The van der Waals surface area contributed by atoms with Gasteiger partial charge in [0.1, 0.15) is 5.82 Å². The fourth-order valence-electron chi connectivity index (χ4n) is 4.69. The number of hydrogen-bond donors (Lipinski definition) is 1. The fourth-order valence-corrected chi connectivity index (χ4v) is 4.69. The van der Waals surface area contributed by atoms with E-state index in [1.165, 1.54) is 11.6 Å². The lowest BCUT2D eigenvalue weighted by molar-refractivity contribution is -0.122. The summed E-state index contributed by atoms with van der Waals surface area (Å²) < 4.78 is 13.9. The maximum atomic E-state index is 13.9. The quantitative estimate of drug-likeness (QED) is 0.761. The molecule has 8 heteroatoms. The van der Waals surface area contributed by atoms with Crippen molar-refractivity contribution in [3.05, 3.63) is 65.2 Å². The molecule has 3 heterocycles. The SMILES string of the molecule is Cc1ccc(CN2C[C@@H]3CN(C(=O)N(C)C)[C@@H](c4cccc(F)c4)[C@@H]3C2)cn1.O=CO. The number of aryl methyl sites for hydroxylation is 1. The Balaban J connectivity index is 0.000000858. The Morgan fingerprint density at radius 2 is 2.00 bits per heavy atom. The molecular formula is C23H29FN4O3. The third kappa shape index (κ3) is 5.19. The standard InChI is InChI=1S/C22H27FN4O.CH2O2/c1-15-7-8-16(10-24-15)11-26-12-18-13-27(22(28)25(2)3)21(20(18)14-26)17-5-4-6-19(23)9-17;2-1-3/h4-10,18,20-21H,11-14H2,1-3H3;1H,(H,2,3)/t18-,20-,21+;/m1./s1. The van der Waals surface area contributed by atoms with E-state index in [1.54, 1.807) is 31.1 Å². The molecule has 1 N–H and O–H groups in total. The maximum Gasteiger partial charge on any atom is 0.320 e. The molecule has 4 rings (SSSR count). The van der Waals surface area contributed by atoms with E-state index >= 15 is 0 Å². The van der Waals surface area contributed by atoms with Crippen LogP contribution in [0.2, 0.25) is 0 Å². The van der Waals surface area contributed by atoms with Gasteiger partial charge in [-0.2, -0.15) is 0 Å². The zero-order chi connectivity index (χ0) is 22.5. The summed E-state index contributed by atoms with van der Waals surface area (Å²) in [5, 5.41) is 6.89. The average molecular weight is 429 g/mol. The van der Waals surface area contributed by atoms with Crippen molar-refractivity contribution in [1.29, 1.82) is 0 Å². The second-order valence-electron chi connectivity index (χ2n) is 8.36. The van der Waals surface area contributed by atoms with Crippen LogP contribution in [-0.4, -0.2) is 71.0 Å². The molecule has 166 valence electrons. The first-order valence-corrected chi connectivity index (χ1v) is 10.3. The van der Waals surface area contributed by atoms with Gasteiger partial charge in [-0.3, -0.25) is 14.7 Å². The Morgan fingerprint density at radius 1 is 1.26 bits per heavy atom. The smallest absolute Gasteiger partial charge is 0.320 e. The summed E-state index contributed by atoms with van der Waals surface area (Å²) in [6.45, 7) is 5.16. The molecule has 31 heavy (non-hydrogen) atoms. The van der Waals surface area contributed by atoms with Crippen LogP contribution in [-0.2, 0) is 11.3 Å². The van der Waals surface area contributed by atoms with Crippen LogP contribution in [0.25, 0.3) is 0 Å². The summed E-state index contributed by atoms with van der Waals surface area (Å²) in [6, 6.07) is 10.8. The van der Waals surface area contributed by atoms with Crippen molar-refractivity contribution in [3.63, 3.8) is 0 Å². The number of nitrogens with zero attached hydrogens (tertiary/aromatic N) is 4. The second-order valence-corrected chi connectivity index (χ2v) is 8.36. The molecule has 3 atom stereocenters. The number of amides is 2. The van der Waals surface area contributed by atoms with Crippen molar-refractivity contribution in [3.8, 4) is 0 Å². The van der Waals surface area contributed by atoms with Crippen LogP contribution in [0.3, 0.4) is 0 Å². The maximum absolute atomic E-state index is 13.9. The van der Waals surface area contributed by atoms with E-state index in [4.69, 9.17) is 9.90 Å². The molecule has 0 saturated carbocycles. The molecular weight excluding hydrogens is 399 g/mol. The summed E-state index contributed by atoms with van der Waals surface area (Å²) >= 11 is 0. The Labute approximate surface area is 182 Å². The number of halogens is 1. The largest absolute Gasteiger partial charge is 0.483 e. The lowest BCUT2D eigenvalue weighted by atomic mass is 9.89. The number of carbonyl (C=O) groups excluding carboxylic acids is 1. The molecule has 7 nitrogen and oxygen atoms in total. The molecule has 2 aromatic rings. The highest BCUT2D eigenvalue weighted by atomic mass is 19.1. The Bertz CT molecular complexity index is 906. The Kier molecular flexibility index (Phi) is 7.22. The van der Waals surface area contributed by atoms with Gasteiger partial charge in [-0.25, -0.2) is 9.18 Å². The van der Waals surface area contributed by atoms with Crippen molar-refractivity contribution < 1.29 is 19.1 Å². The van der Waals surface area contributed by atoms with Crippen LogP contribution in [0.15, 0.2) is 42.6 Å². The zero-order valence-corrected chi connectivity index (χ0v) is 18.1. The molecule has 0 aliphatic carbocycles. The summed E-state index contributed by atoms with van der Waals surface area (Å²) in [5.74, 6) is 0.457. The Morgan fingerprint density at radius 3 is 2.61 bits per heavy atom. The van der Waals surface area contributed by atoms with Gasteiger partial charge in [-0.05, 0) is 42.2 Å². The molecule has 2 aliphatic rings. The molecule has 2 amide bonds. The molecule has 2 saturated heterocycles. The average Bonchev–Trinajstić information content (AvgIpc) is 3.26. The lowest BCUT2D eigenvalue weighted by Gasteiger charge is -2.32. The number of carbonyl (C=O) groups is 2. The number of urea groups is 1.